The predicted octanol–water partition coefficient (Wildman–Crippen LogP) is 3.10. The van der Waals surface area contributed by atoms with Crippen LogP contribution in [-0.4, -0.2) is 58.2 Å². The molecule has 30 heavy (non-hydrogen) atoms. The van der Waals surface area contributed by atoms with Crippen molar-refractivity contribution in [1.82, 2.24) is 14.9 Å². The molecule has 1 aromatic heterocycles. The standard InChI is InChI=1S/C19H24N4O6S/c1-19(2,3)29-18(24)22-9-5-4-6-14(22)12-30(27,28)17-11-20-16-10-13(23(25)26)7-8-15(16)21-17/h7-8,10-11,14H,4-6,9,12H2,1-3H3. The van der Waals surface area contributed by atoms with E-state index in [0.29, 0.717) is 13.0 Å². The van der Waals surface area contributed by atoms with Crippen LogP contribution >= 0.6 is 0 Å². The number of non-ortho nitro benzene ring substituents is 1. The number of benzene rings is 1. The Morgan fingerprint density at radius 1 is 1.30 bits per heavy atom. The van der Waals surface area contributed by atoms with Crippen LogP contribution in [0.15, 0.2) is 29.4 Å². The fourth-order valence-corrected chi connectivity index (χ4v) is 4.79. The number of aromatic nitrogens is 2. The van der Waals surface area contributed by atoms with Crippen molar-refractivity contribution in [2.45, 2.75) is 56.7 Å². The molecule has 11 heteroatoms. The van der Waals surface area contributed by atoms with Gasteiger partial charge in [-0.2, -0.15) is 0 Å². The molecule has 1 fully saturated rings. The summed E-state index contributed by atoms with van der Waals surface area (Å²) in [6, 6.07) is 3.34. The molecule has 1 unspecified atom stereocenters. The number of sulfone groups is 1. The van der Waals surface area contributed by atoms with E-state index in [2.05, 4.69) is 9.97 Å². The van der Waals surface area contributed by atoms with E-state index in [9.17, 15) is 23.3 Å². The first-order valence-corrected chi connectivity index (χ1v) is 11.2. The summed E-state index contributed by atoms with van der Waals surface area (Å²) >= 11 is 0. The van der Waals surface area contributed by atoms with E-state index in [1.807, 2.05) is 0 Å². The quantitative estimate of drug-likeness (QED) is 0.527. The molecule has 1 aliphatic rings. The molecule has 2 heterocycles. The van der Waals surface area contributed by atoms with E-state index >= 15 is 0 Å². The molecule has 1 saturated heterocycles. The van der Waals surface area contributed by atoms with Gasteiger partial charge in [-0.05, 0) is 46.1 Å². The summed E-state index contributed by atoms with van der Waals surface area (Å²) in [7, 11) is -3.84. The van der Waals surface area contributed by atoms with Gasteiger partial charge in [-0.3, -0.25) is 15.1 Å². The first kappa shape index (κ1) is 21.9. The zero-order chi connectivity index (χ0) is 22.1. The molecule has 2 aromatic rings. The fourth-order valence-electron chi connectivity index (χ4n) is 3.32. The number of rotatable bonds is 4. The summed E-state index contributed by atoms with van der Waals surface area (Å²) < 4.78 is 31.4. The Bertz CT molecular complexity index is 1080. The molecule has 3 rings (SSSR count). The van der Waals surface area contributed by atoms with Gasteiger partial charge >= 0.3 is 6.09 Å². The minimum atomic E-state index is -3.84. The molecular formula is C19H24N4O6S. The third kappa shape index (κ3) is 5.02. The first-order chi connectivity index (χ1) is 14.0. The van der Waals surface area contributed by atoms with Crippen LogP contribution in [-0.2, 0) is 14.6 Å². The van der Waals surface area contributed by atoms with Crippen molar-refractivity contribution in [3.05, 3.63) is 34.5 Å². The van der Waals surface area contributed by atoms with Gasteiger partial charge in [0.05, 0.1) is 27.9 Å². The van der Waals surface area contributed by atoms with Crippen LogP contribution in [0.1, 0.15) is 40.0 Å². The number of likely N-dealkylation sites (tertiary alicyclic amines) is 1. The number of nitro groups is 1. The Morgan fingerprint density at radius 3 is 2.70 bits per heavy atom. The molecule has 0 saturated carbocycles. The monoisotopic (exact) mass is 436 g/mol. The number of nitro benzene ring substituents is 1. The zero-order valence-electron chi connectivity index (χ0n) is 17.1. The topological polar surface area (TPSA) is 133 Å². The van der Waals surface area contributed by atoms with Gasteiger partial charge < -0.3 is 9.64 Å². The lowest BCUT2D eigenvalue weighted by atomic mass is 10.0. The second kappa shape index (κ2) is 8.13. The normalized spacial score (nSPS) is 17.7. The minimum Gasteiger partial charge on any atom is -0.444 e. The number of carbonyl (C=O) groups excluding carboxylic acids is 1. The molecular weight excluding hydrogens is 412 g/mol. The Labute approximate surface area is 174 Å². The Kier molecular flexibility index (Phi) is 5.93. The Morgan fingerprint density at radius 2 is 2.03 bits per heavy atom. The van der Waals surface area contributed by atoms with E-state index in [1.165, 1.54) is 23.1 Å². The van der Waals surface area contributed by atoms with Gasteiger partial charge in [0.2, 0.25) is 0 Å². The summed E-state index contributed by atoms with van der Waals surface area (Å²) in [5, 5.41) is 10.7. The highest BCUT2D eigenvalue weighted by molar-refractivity contribution is 7.91. The summed E-state index contributed by atoms with van der Waals surface area (Å²) in [4.78, 5) is 32.5. The summed E-state index contributed by atoms with van der Waals surface area (Å²) in [5.41, 5.74) is -0.349. The van der Waals surface area contributed by atoms with Crippen LogP contribution in [0, 0.1) is 10.1 Å². The Balaban J connectivity index is 1.84. The largest absolute Gasteiger partial charge is 0.444 e. The number of hydrogen-bond acceptors (Lipinski definition) is 8. The van der Waals surface area contributed by atoms with Crippen molar-refractivity contribution in [2.24, 2.45) is 0 Å². The van der Waals surface area contributed by atoms with Gasteiger partial charge in [0.1, 0.15) is 5.60 Å². The van der Waals surface area contributed by atoms with Crippen molar-refractivity contribution in [3.63, 3.8) is 0 Å². The molecule has 10 nitrogen and oxygen atoms in total. The van der Waals surface area contributed by atoms with E-state index in [-0.39, 0.29) is 27.5 Å². The molecule has 0 aliphatic carbocycles. The van der Waals surface area contributed by atoms with Crippen molar-refractivity contribution < 1.29 is 22.9 Å². The van der Waals surface area contributed by atoms with Crippen LogP contribution < -0.4 is 0 Å². The third-order valence-corrected chi connectivity index (χ3v) is 6.36. The number of nitrogens with zero attached hydrogens (tertiary/aromatic N) is 4. The van der Waals surface area contributed by atoms with Gasteiger partial charge in [-0.25, -0.2) is 18.2 Å². The first-order valence-electron chi connectivity index (χ1n) is 9.60. The number of ether oxygens (including phenoxy) is 1. The average molecular weight is 436 g/mol. The summed E-state index contributed by atoms with van der Waals surface area (Å²) in [6.45, 7) is 5.71. The molecule has 1 atom stereocenters. The van der Waals surface area contributed by atoms with Gasteiger partial charge in [0, 0.05) is 24.7 Å². The van der Waals surface area contributed by atoms with Crippen LogP contribution in [0.2, 0.25) is 0 Å². The van der Waals surface area contributed by atoms with Crippen LogP contribution in [0.5, 0.6) is 0 Å². The van der Waals surface area contributed by atoms with Crippen LogP contribution in [0.3, 0.4) is 0 Å². The molecule has 162 valence electrons. The maximum absolute atomic E-state index is 13.0. The second-order valence-corrected chi connectivity index (χ2v) is 10.2. The lowest BCUT2D eigenvalue weighted by molar-refractivity contribution is -0.384. The fraction of sp³-hybridized carbons (Fsp3) is 0.526. The Hall–Kier alpha value is -2.82. The number of fused-ring (bicyclic) bond motifs is 1. The van der Waals surface area contributed by atoms with Crippen molar-refractivity contribution in [1.29, 1.82) is 0 Å². The highest BCUT2D eigenvalue weighted by Crippen LogP contribution is 2.24. The molecule has 0 N–H and O–H groups in total. The molecule has 1 aromatic carbocycles. The lowest BCUT2D eigenvalue weighted by Gasteiger charge is -2.36. The van der Waals surface area contributed by atoms with Crippen LogP contribution in [0.25, 0.3) is 11.0 Å². The average Bonchev–Trinajstić information content (AvgIpc) is 2.65. The maximum atomic E-state index is 13.0. The molecule has 0 spiro atoms. The van der Waals surface area contributed by atoms with Gasteiger partial charge in [-0.15, -0.1) is 0 Å². The molecule has 1 aliphatic heterocycles. The number of piperidine rings is 1. The van der Waals surface area contributed by atoms with Gasteiger partial charge in [-0.1, -0.05) is 0 Å². The van der Waals surface area contributed by atoms with Crippen molar-refractivity contribution in [2.75, 3.05) is 12.3 Å². The second-order valence-electron chi connectivity index (χ2n) is 8.24. The minimum absolute atomic E-state index is 0.150. The third-order valence-electron chi connectivity index (χ3n) is 4.70. The molecule has 0 radical (unpaired) electrons. The number of carbonyl (C=O) groups is 1. The zero-order valence-corrected chi connectivity index (χ0v) is 17.9. The number of hydrogen-bond donors (Lipinski definition) is 0. The smallest absolute Gasteiger partial charge is 0.410 e. The lowest BCUT2D eigenvalue weighted by Crippen LogP contribution is -2.49. The maximum Gasteiger partial charge on any atom is 0.410 e. The predicted molar refractivity (Wildman–Crippen MR) is 109 cm³/mol. The molecule has 0 bridgehead atoms. The van der Waals surface area contributed by atoms with Gasteiger partial charge in [0.15, 0.2) is 14.9 Å². The van der Waals surface area contributed by atoms with E-state index in [4.69, 9.17) is 4.74 Å². The van der Waals surface area contributed by atoms with Crippen molar-refractivity contribution in [3.8, 4) is 0 Å². The highest BCUT2D eigenvalue weighted by Gasteiger charge is 2.34. The van der Waals surface area contributed by atoms with E-state index in [0.717, 1.165) is 19.0 Å². The van der Waals surface area contributed by atoms with Gasteiger partial charge in [0.25, 0.3) is 5.69 Å². The summed E-state index contributed by atoms with van der Waals surface area (Å²) in [5.74, 6) is -0.292. The highest BCUT2D eigenvalue weighted by atomic mass is 32.2. The SMILES string of the molecule is CC(C)(C)OC(=O)N1CCCCC1CS(=O)(=O)c1cnc2cc([N+](=O)[O-])ccc2n1. The number of amides is 1. The summed E-state index contributed by atoms with van der Waals surface area (Å²) in [6.07, 6.45) is 2.71. The molecule has 1 amide bonds. The van der Waals surface area contributed by atoms with Crippen LogP contribution in [0.4, 0.5) is 10.5 Å². The van der Waals surface area contributed by atoms with E-state index < -0.39 is 32.5 Å². The van der Waals surface area contributed by atoms with Crippen molar-refractivity contribution >= 4 is 32.7 Å². The van der Waals surface area contributed by atoms with E-state index in [1.54, 1.807) is 20.8 Å².